The number of aromatic amines is 1. The number of nitrogens with zero attached hydrogens (tertiary/aromatic N) is 1. The predicted molar refractivity (Wildman–Crippen MR) is 101 cm³/mol. The maximum Gasteiger partial charge on any atom is 0.255 e. The number of pyridine rings is 1. The lowest BCUT2D eigenvalue weighted by atomic mass is 10.1. The normalized spacial score (nSPS) is 10.8. The lowest BCUT2D eigenvalue weighted by Gasteiger charge is -2.08. The van der Waals surface area contributed by atoms with Crippen LogP contribution in [0.4, 0.5) is 5.69 Å². The molecule has 0 saturated heterocycles. The van der Waals surface area contributed by atoms with Gasteiger partial charge in [-0.1, -0.05) is 12.1 Å². The van der Waals surface area contributed by atoms with Crippen LogP contribution in [-0.2, 0) is 0 Å². The second-order valence-corrected chi connectivity index (χ2v) is 4.96. The quantitative estimate of drug-likeness (QED) is 0.657. The number of fused-ring (bicyclic) bond motifs is 1. The monoisotopic (exact) mass is 370 g/mol. The van der Waals surface area contributed by atoms with E-state index >= 15 is 0 Å². The molecule has 0 saturated carbocycles. The van der Waals surface area contributed by atoms with Gasteiger partial charge in [-0.2, -0.15) is 0 Å². The minimum absolute atomic E-state index is 0. The molecule has 1 amide bonds. The van der Waals surface area contributed by atoms with E-state index in [-0.39, 0.29) is 42.2 Å². The third-order valence-corrected chi connectivity index (χ3v) is 3.41. The summed E-state index contributed by atoms with van der Waals surface area (Å²) in [6, 6.07) is 10.9. The van der Waals surface area contributed by atoms with Gasteiger partial charge in [0.25, 0.3) is 5.91 Å². The zero-order chi connectivity index (χ0) is 14.8. The van der Waals surface area contributed by atoms with Gasteiger partial charge in [0.2, 0.25) is 0 Å². The summed E-state index contributed by atoms with van der Waals surface area (Å²) < 4.78 is 0. The maximum absolute atomic E-state index is 12.3. The van der Waals surface area contributed by atoms with Crippen molar-refractivity contribution in [2.45, 2.75) is 13.0 Å². The van der Waals surface area contributed by atoms with Crippen LogP contribution in [-0.4, -0.2) is 21.4 Å². The number of nitrogens with one attached hydrogen (secondary N) is 2. The highest BCUT2D eigenvalue weighted by Gasteiger charge is 2.09. The number of amides is 1. The number of hydrogen-bond acceptors (Lipinski definition) is 3. The maximum atomic E-state index is 12.3. The van der Waals surface area contributed by atoms with E-state index in [4.69, 9.17) is 5.73 Å². The number of aromatic nitrogens is 2. The zero-order valence-electron chi connectivity index (χ0n) is 12.9. The molecule has 0 aliphatic heterocycles. The lowest BCUT2D eigenvalue weighted by molar-refractivity contribution is 0.102. The zero-order valence-corrected chi connectivity index (χ0v) is 14.6. The third kappa shape index (κ3) is 4.46. The van der Waals surface area contributed by atoms with E-state index in [2.05, 4.69) is 15.3 Å². The Bertz CT molecular complexity index is 788. The van der Waals surface area contributed by atoms with Gasteiger partial charge in [0.05, 0.1) is 5.69 Å². The van der Waals surface area contributed by atoms with Crippen LogP contribution in [0.5, 0.6) is 0 Å². The van der Waals surface area contributed by atoms with Crippen molar-refractivity contribution in [2.75, 3.05) is 5.32 Å². The highest BCUT2D eigenvalue weighted by Crippen LogP contribution is 2.21. The molecule has 6 N–H and O–H groups in total. The van der Waals surface area contributed by atoms with E-state index in [1.54, 1.807) is 30.6 Å². The Kier molecular flexibility index (Phi) is 8.43. The van der Waals surface area contributed by atoms with E-state index in [0.29, 0.717) is 5.56 Å². The molecule has 1 aromatic carbocycles. The second kappa shape index (κ2) is 9.24. The third-order valence-electron chi connectivity index (χ3n) is 3.41. The molecule has 24 heavy (non-hydrogen) atoms. The SMILES string of the molecule is C[C@@H](N)c1ccc(C(=O)Nc2ccnc3[nH]ccc23)cc1.Cl.Cl.O. The van der Waals surface area contributed by atoms with Crippen molar-refractivity contribution in [1.82, 2.24) is 9.97 Å². The number of carbonyl (C=O) groups excluding carboxylic acids is 1. The highest BCUT2D eigenvalue weighted by molar-refractivity contribution is 6.08. The Hall–Kier alpha value is -2.12. The van der Waals surface area contributed by atoms with Gasteiger partial charge in [-0.3, -0.25) is 4.79 Å². The molecule has 8 heteroatoms. The number of benzene rings is 1. The first-order valence-corrected chi connectivity index (χ1v) is 6.74. The van der Waals surface area contributed by atoms with Crippen molar-refractivity contribution < 1.29 is 10.3 Å². The molecule has 0 bridgehead atoms. The van der Waals surface area contributed by atoms with Crippen LogP contribution in [0.25, 0.3) is 11.0 Å². The fraction of sp³-hybridized carbons (Fsp3) is 0.125. The predicted octanol–water partition coefficient (Wildman–Crippen LogP) is 2.85. The molecule has 2 aromatic heterocycles. The summed E-state index contributed by atoms with van der Waals surface area (Å²) >= 11 is 0. The minimum atomic E-state index is -0.153. The molecule has 3 aromatic rings. The molecule has 6 nitrogen and oxygen atoms in total. The van der Waals surface area contributed by atoms with Gasteiger partial charge in [0.15, 0.2) is 0 Å². The Morgan fingerprint density at radius 1 is 1.17 bits per heavy atom. The van der Waals surface area contributed by atoms with Crippen LogP contribution in [0.3, 0.4) is 0 Å². The number of hydrogen-bond donors (Lipinski definition) is 3. The van der Waals surface area contributed by atoms with Gasteiger partial charge in [-0.25, -0.2) is 4.98 Å². The average molecular weight is 371 g/mol. The Morgan fingerprint density at radius 3 is 2.46 bits per heavy atom. The van der Waals surface area contributed by atoms with Crippen LogP contribution < -0.4 is 11.1 Å². The smallest absolute Gasteiger partial charge is 0.255 e. The van der Waals surface area contributed by atoms with Gasteiger partial charge in [0.1, 0.15) is 5.65 Å². The number of halogens is 2. The number of carbonyl (C=O) groups is 1. The van der Waals surface area contributed by atoms with Gasteiger partial charge in [-0.05, 0) is 36.8 Å². The topological polar surface area (TPSA) is 115 Å². The Morgan fingerprint density at radius 2 is 1.83 bits per heavy atom. The first-order chi connectivity index (χ1) is 10.1. The molecule has 0 unspecified atom stereocenters. The molecule has 0 aliphatic carbocycles. The number of anilines is 1. The number of rotatable bonds is 3. The van der Waals surface area contributed by atoms with Crippen molar-refractivity contribution in [3.63, 3.8) is 0 Å². The summed E-state index contributed by atoms with van der Waals surface area (Å²) in [7, 11) is 0. The Balaban J connectivity index is 0.00000176. The molecule has 0 radical (unpaired) electrons. The van der Waals surface area contributed by atoms with Crippen LogP contribution in [0.2, 0.25) is 0 Å². The summed E-state index contributed by atoms with van der Waals surface area (Å²) in [6.45, 7) is 1.91. The molecule has 2 heterocycles. The van der Waals surface area contributed by atoms with Crippen LogP contribution in [0.15, 0.2) is 48.8 Å². The molecule has 0 aliphatic rings. The van der Waals surface area contributed by atoms with Crippen LogP contribution >= 0.6 is 24.8 Å². The molecular weight excluding hydrogens is 351 g/mol. The summed E-state index contributed by atoms with van der Waals surface area (Å²) in [5, 5.41) is 3.79. The molecule has 0 fully saturated rings. The summed E-state index contributed by atoms with van der Waals surface area (Å²) in [6.07, 6.45) is 3.46. The molecular formula is C16H20Cl2N4O2. The molecule has 130 valence electrons. The standard InChI is InChI=1S/C16H16N4O.2ClH.H2O/c1-10(17)11-2-4-12(5-3-11)16(21)20-14-7-9-19-15-13(14)6-8-18-15;;;/h2-10H,17H2,1H3,(H2,18,19,20,21);2*1H;1H2/t10-;;;/m1.../s1. The van der Waals surface area contributed by atoms with E-state index in [1.807, 2.05) is 25.1 Å². The fourth-order valence-corrected chi connectivity index (χ4v) is 2.20. The summed E-state index contributed by atoms with van der Waals surface area (Å²) in [5.41, 5.74) is 8.89. The average Bonchev–Trinajstić information content (AvgIpc) is 2.97. The van der Waals surface area contributed by atoms with E-state index in [0.717, 1.165) is 22.3 Å². The molecule has 0 spiro atoms. The van der Waals surface area contributed by atoms with E-state index < -0.39 is 0 Å². The Labute approximate surface area is 152 Å². The van der Waals surface area contributed by atoms with Crippen LogP contribution in [0.1, 0.15) is 28.9 Å². The van der Waals surface area contributed by atoms with E-state index in [9.17, 15) is 4.79 Å². The van der Waals surface area contributed by atoms with Crippen molar-refractivity contribution in [2.24, 2.45) is 5.73 Å². The number of nitrogens with two attached hydrogens (primary N) is 1. The first kappa shape index (κ1) is 21.9. The van der Waals surface area contributed by atoms with Gasteiger partial charge in [-0.15, -0.1) is 24.8 Å². The van der Waals surface area contributed by atoms with Gasteiger partial charge >= 0.3 is 0 Å². The largest absolute Gasteiger partial charge is 0.412 e. The van der Waals surface area contributed by atoms with Crippen molar-refractivity contribution >= 4 is 47.4 Å². The fourth-order valence-electron chi connectivity index (χ4n) is 2.20. The van der Waals surface area contributed by atoms with Gasteiger partial charge < -0.3 is 21.5 Å². The summed E-state index contributed by atoms with van der Waals surface area (Å²) in [5.74, 6) is -0.153. The van der Waals surface area contributed by atoms with E-state index in [1.165, 1.54) is 0 Å². The first-order valence-electron chi connectivity index (χ1n) is 6.74. The molecule has 3 rings (SSSR count). The van der Waals surface area contributed by atoms with Crippen molar-refractivity contribution in [3.05, 3.63) is 59.9 Å². The van der Waals surface area contributed by atoms with Crippen molar-refractivity contribution in [3.8, 4) is 0 Å². The highest BCUT2D eigenvalue weighted by atomic mass is 35.5. The second-order valence-electron chi connectivity index (χ2n) is 4.96. The molecule has 1 atom stereocenters. The summed E-state index contributed by atoms with van der Waals surface area (Å²) in [4.78, 5) is 19.5. The van der Waals surface area contributed by atoms with Gasteiger partial charge in [0, 0.05) is 29.4 Å². The van der Waals surface area contributed by atoms with Crippen LogP contribution in [0, 0.1) is 0 Å². The lowest BCUT2D eigenvalue weighted by Crippen LogP contribution is -2.12. The van der Waals surface area contributed by atoms with Crippen molar-refractivity contribution in [1.29, 1.82) is 0 Å². The number of H-pyrrole nitrogens is 1. The minimum Gasteiger partial charge on any atom is -0.412 e.